The summed E-state index contributed by atoms with van der Waals surface area (Å²) in [5.41, 5.74) is 0.0605. The molecule has 1 heterocycles. The molecule has 2 rings (SSSR count). The summed E-state index contributed by atoms with van der Waals surface area (Å²) in [6.45, 7) is 2.14. The van der Waals surface area contributed by atoms with E-state index >= 15 is 0 Å². The predicted molar refractivity (Wildman–Crippen MR) is 79.4 cm³/mol. The summed E-state index contributed by atoms with van der Waals surface area (Å²) in [6, 6.07) is 2.89. The lowest BCUT2D eigenvalue weighted by molar-refractivity contribution is 0.0691. The molecule has 6 nitrogen and oxygen atoms in total. The van der Waals surface area contributed by atoms with Crippen LogP contribution in [0, 0.1) is 5.92 Å². The number of carboxylic acids is 1. The van der Waals surface area contributed by atoms with E-state index in [-0.39, 0.29) is 23.5 Å². The summed E-state index contributed by atoms with van der Waals surface area (Å²) in [7, 11) is 0. The maximum atomic E-state index is 12.1. The summed E-state index contributed by atoms with van der Waals surface area (Å²) in [5, 5.41) is 14.6. The Labute approximate surface area is 124 Å². The van der Waals surface area contributed by atoms with Gasteiger partial charge >= 0.3 is 12.0 Å². The van der Waals surface area contributed by atoms with Gasteiger partial charge in [-0.2, -0.15) is 0 Å². The summed E-state index contributed by atoms with van der Waals surface area (Å²) in [4.78, 5) is 26.9. The van der Waals surface area contributed by atoms with Gasteiger partial charge < -0.3 is 15.7 Å². The monoisotopic (exact) mass is 291 g/mol. The van der Waals surface area contributed by atoms with Crippen molar-refractivity contribution in [3.05, 3.63) is 24.0 Å². The number of rotatable bonds is 3. The van der Waals surface area contributed by atoms with Crippen LogP contribution in [0.25, 0.3) is 0 Å². The second-order valence-corrected chi connectivity index (χ2v) is 5.52. The average Bonchev–Trinajstić information content (AvgIpc) is 2.64. The molecule has 1 aliphatic carbocycles. The zero-order valence-corrected chi connectivity index (χ0v) is 12.1. The third kappa shape index (κ3) is 4.18. The smallest absolute Gasteiger partial charge is 0.356 e. The number of hydrogen-bond acceptors (Lipinski definition) is 3. The molecule has 21 heavy (non-hydrogen) atoms. The fourth-order valence-corrected chi connectivity index (χ4v) is 2.71. The fraction of sp³-hybridized carbons (Fsp3) is 0.533. The summed E-state index contributed by atoms with van der Waals surface area (Å²) < 4.78 is 0. The zero-order valence-electron chi connectivity index (χ0n) is 12.1. The molecule has 1 aliphatic rings. The minimum Gasteiger partial charge on any atom is -0.476 e. The number of pyridine rings is 1. The van der Waals surface area contributed by atoms with Gasteiger partial charge in [0.25, 0.3) is 0 Å². The number of nitrogens with zero attached hydrogens (tertiary/aromatic N) is 1. The highest BCUT2D eigenvalue weighted by Gasteiger charge is 2.22. The molecule has 0 radical (unpaired) electrons. The van der Waals surface area contributed by atoms with Crippen molar-refractivity contribution >= 4 is 17.7 Å². The van der Waals surface area contributed by atoms with E-state index in [1.54, 1.807) is 6.07 Å². The van der Waals surface area contributed by atoms with E-state index < -0.39 is 5.97 Å². The van der Waals surface area contributed by atoms with E-state index in [0.717, 1.165) is 19.3 Å². The SMILES string of the molecule is CC1CCCCCC1NC(=O)Nc1cccnc1C(=O)O. The third-order valence-electron chi connectivity index (χ3n) is 3.94. The minimum absolute atomic E-state index is 0.137. The van der Waals surface area contributed by atoms with Gasteiger partial charge in [-0.1, -0.05) is 26.2 Å². The number of hydrogen-bond donors (Lipinski definition) is 3. The summed E-state index contributed by atoms with van der Waals surface area (Å²) in [5.74, 6) is -0.722. The largest absolute Gasteiger partial charge is 0.476 e. The highest BCUT2D eigenvalue weighted by Crippen LogP contribution is 2.23. The molecule has 2 atom stereocenters. The van der Waals surface area contributed by atoms with Crippen LogP contribution in [0.15, 0.2) is 18.3 Å². The first-order valence-electron chi connectivity index (χ1n) is 7.33. The highest BCUT2D eigenvalue weighted by atomic mass is 16.4. The van der Waals surface area contributed by atoms with Crippen LogP contribution in [0.1, 0.15) is 49.5 Å². The summed E-state index contributed by atoms with van der Waals surface area (Å²) in [6.07, 6.45) is 6.98. The van der Waals surface area contributed by atoms with Gasteiger partial charge in [-0.3, -0.25) is 0 Å². The number of anilines is 1. The molecule has 0 bridgehead atoms. The van der Waals surface area contributed by atoms with E-state index in [1.165, 1.54) is 25.1 Å². The molecule has 1 aromatic rings. The lowest BCUT2D eigenvalue weighted by Gasteiger charge is -2.23. The zero-order chi connectivity index (χ0) is 15.2. The van der Waals surface area contributed by atoms with Crippen LogP contribution in [-0.4, -0.2) is 28.1 Å². The number of urea groups is 1. The molecule has 1 saturated carbocycles. The normalized spacial score (nSPS) is 22.1. The number of carbonyl (C=O) groups excluding carboxylic acids is 1. The average molecular weight is 291 g/mol. The third-order valence-corrected chi connectivity index (χ3v) is 3.94. The van der Waals surface area contributed by atoms with Crippen LogP contribution in [0.4, 0.5) is 10.5 Å². The van der Waals surface area contributed by atoms with Crippen molar-refractivity contribution in [2.24, 2.45) is 5.92 Å². The number of amides is 2. The lowest BCUT2D eigenvalue weighted by Crippen LogP contribution is -2.41. The van der Waals surface area contributed by atoms with Crippen LogP contribution >= 0.6 is 0 Å². The Bertz CT molecular complexity index is 519. The molecule has 0 spiro atoms. The quantitative estimate of drug-likeness (QED) is 0.747. The number of aromatic carboxylic acids is 1. The Morgan fingerprint density at radius 2 is 2.05 bits per heavy atom. The van der Waals surface area contributed by atoms with Crippen LogP contribution in [0.5, 0.6) is 0 Å². The van der Waals surface area contributed by atoms with E-state index in [2.05, 4.69) is 22.5 Å². The maximum absolute atomic E-state index is 12.1. The van der Waals surface area contributed by atoms with Crippen molar-refractivity contribution in [2.45, 2.75) is 45.1 Å². The molecule has 0 saturated heterocycles. The minimum atomic E-state index is -1.16. The first kappa shape index (κ1) is 15.3. The molecule has 0 aromatic carbocycles. The second kappa shape index (κ2) is 7.06. The second-order valence-electron chi connectivity index (χ2n) is 5.52. The van der Waals surface area contributed by atoms with Crippen molar-refractivity contribution < 1.29 is 14.7 Å². The molecule has 114 valence electrons. The van der Waals surface area contributed by atoms with Crippen LogP contribution in [-0.2, 0) is 0 Å². The Balaban J connectivity index is 2.00. The summed E-state index contributed by atoms with van der Waals surface area (Å²) >= 11 is 0. The van der Waals surface area contributed by atoms with Gasteiger partial charge in [-0.05, 0) is 30.9 Å². The van der Waals surface area contributed by atoms with Crippen molar-refractivity contribution in [2.75, 3.05) is 5.32 Å². The highest BCUT2D eigenvalue weighted by molar-refractivity contribution is 5.98. The van der Waals surface area contributed by atoms with E-state index in [1.807, 2.05) is 0 Å². The number of nitrogens with one attached hydrogen (secondary N) is 2. The Morgan fingerprint density at radius 1 is 1.29 bits per heavy atom. The number of aromatic nitrogens is 1. The molecule has 2 amide bonds. The Morgan fingerprint density at radius 3 is 2.81 bits per heavy atom. The fourth-order valence-electron chi connectivity index (χ4n) is 2.71. The predicted octanol–water partition coefficient (Wildman–Crippen LogP) is 2.87. The molecular weight excluding hydrogens is 270 g/mol. The number of carbonyl (C=O) groups is 2. The first-order chi connectivity index (χ1) is 10.1. The maximum Gasteiger partial charge on any atom is 0.356 e. The Kier molecular flexibility index (Phi) is 5.14. The van der Waals surface area contributed by atoms with Crippen molar-refractivity contribution in [1.82, 2.24) is 10.3 Å². The van der Waals surface area contributed by atoms with Crippen molar-refractivity contribution in [1.29, 1.82) is 0 Å². The van der Waals surface area contributed by atoms with Crippen molar-refractivity contribution in [3.8, 4) is 0 Å². The molecule has 1 aromatic heterocycles. The number of carboxylic acid groups (broad SMARTS) is 1. The topological polar surface area (TPSA) is 91.3 Å². The molecule has 1 fully saturated rings. The lowest BCUT2D eigenvalue weighted by atomic mass is 9.97. The molecule has 0 aliphatic heterocycles. The van der Waals surface area contributed by atoms with E-state index in [4.69, 9.17) is 5.11 Å². The van der Waals surface area contributed by atoms with Gasteiger partial charge in [-0.15, -0.1) is 0 Å². The van der Waals surface area contributed by atoms with Gasteiger partial charge in [0.2, 0.25) is 0 Å². The van der Waals surface area contributed by atoms with Crippen LogP contribution in [0.2, 0.25) is 0 Å². The van der Waals surface area contributed by atoms with Crippen molar-refractivity contribution in [3.63, 3.8) is 0 Å². The molecule has 2 unspecified atom stereocenters. The van der Waals surface area contributed by atoms with E-state index in [0.29, 0.717) is 5.92 Å². The van der Waals surface area contributed by atoms with Gasteiger partial charge in [0.15, 0.2) is 5.69 Å². The van der Waals surface area contributed by atoms with Gasteiger partial charge in [0.1, 0.15) is 0 Å². The molecular formula is C15H21N3O3. The first-order valence-corrected chi connectivity index (χ1v) is 7.33. The van der Waals surface area contributed by atoms with Crippen LogP contribution < -0.4 is 10.6 Å². The van der Waals surface area contributed by atoms with E-state index in [9.17, 15) is 9.59 Å². The van der Waals surface area contributed by atoms with Crippen LogP contribution in [0.3, 0.4) is 0 Å². The molecule has 3 N–H and O–H groups in total. The van der Waals surface area contributed by atoms with Gasteiger partial charge in [0.05, 0.1) is 5.69 Å². The molecule has 6 heteroatoms. The standard InChI is InChI=1S/C15H21N3O3/c1-10-6-3-2-4-7-11(10)17-15(21)18-12-8-5-9-16-13(12)14(19)20/h5,8-11H,2-4,6-7H2,1H3,(H,19,20)(H2,17,18,21). The van der Waals surface area contributed by atoms with Gasteiger partial charge in [0, 0.05) is 12.2 Å². The Hall–Kier alpha value is -2.11. The van der Waals surface area contributed by atoms with Gasteiger partial charge in [-0.25, -0.2) is 14.6 Å².